The van der Waals surface area contributed by atoms with Crippen LogP contribution < -0.4 is 4.74 Å². The summed E-state index contributed by atoms with van der Waals surface area (Å²) in [5.41, 5.74) is -0.520. The first kappa shape index (κ1) is 26.2. The van der Waals surface area contributed by atoms with Crippen molar-refractivity contribution in [1.29, 1.82) is 0 Å². The molecular weight excluding hydrogens is 454 g/mol. The summed E-state index contributed by atoms with van der Waals surface area (Å²) in [6, 6.07) is 7.76. The summed E-state index contributed by atoms with van der Waals surface area (Å²) in [5.74, 6) is 0.726. The second-order valence-electron chi connectivity index (χ2n) is 8.91. The van der Waals surface area contributed by atoms with Gasteiger partial charge >= 0.3 is 12.4 Å². The zero-order valence-corrected chi connectivity index (χ0v) is 19.4. The Bertz CT molecular complexity index is 951. The van der Waals surface area contributed by atoms with Gasteiger partial charge in [-0.05, 0) is 67.3 Å². The third-order valence-electron chi connectivity index (χ3n) is 6.38. The van der Waals surface area contributed by atoms with Crippen molar-refractivity contribution in [3.05, 3.63) is 70.3 Å². The molecule has 1 aliphatic rings. The minimum absolute atomic E-state index is 0.00721. The highest BCUT2D eigenvalue weighted by atomic mass is 19.4. The number of hydrogen-bond acceptors (Lipinski definition) is 1. The van der Waals surface area contributed by atoms with E-state index in [-0.39, 0.29) is 18.1 Å². The van der Waals surface area contributed by atoms with E-state index in [1.165, 1.54) is 24.8 Å². The molecule has 1 saturated carbocycles. The van der Waals surface area contributed by atoms with Crippen molar-refractivity contribution in [1.82, 2.24) is 0 Å². The van der Waals surface area contributed by atoms with Gasteiger partial charge in [-0.25, -0.2) is 0 Å². The van der Waals surface area contributed by atoms with Crippen LogP contribution in [0.5, 0.6) is 5.75 Å². The molecule has 0 saturated heterocycles. The van der Waals surface area contributed by atoms with Gasteiger partial charge in [0.1, 0.15) is 5.75 Å². The number of para-hydroxylation sites is 1. The fraction of sp³-hybridized carbons (Fsp3) is 0.481. The van der Waals surface area contributed by atoms with E-state index in [1.807, 2.05) is 25.1 Å². The van der Waals surface area contributed by atoms with E-state index in [1.54, 1.807) is 13.0 Å². The molecule has 0 heterocycles. The smallest absolute Gasteiger partial charge is 0.416 e. The van der Waals surface area contributed by atoms with Crippen molar-refractivity contribution in [2.75, 3.05) is 6.61 Å². The Kier molecular flexibility index (Phi) is 8.37. The topological polar surface area (TPSA) is 9.23 Å². The minimum atomic E-state index is -4.85. The quantitative estimate of drug-likeness (QED) is 0.356. The van der Waals surface area contributed by atoms with E-state index in [0.717, 1.165) is 36.3 Å². The Morgan fingerprint density at radius 3 is 2.12 bits per heavy atom. The van der Waals surface area contributed by atoms with E-state index in [0.29, 0.717) is 12.5 Å². The molecule has 3 rings (SSSR count). The van der Waals surface area contributed by atoms with Crippen LogP contribution in [0.3, 0.4) is 0 Å². The van der Waals surface area contributed by atoms with Gasteiger partial charge in [-0.3, -0.25) is 0 Å². The van der Waals surface area contributed by atoms with E-state index in [4.69, 9.17) is 4.74 Å². The van der Waals surface area contributed by atoms with Crippen LogP contribution in [0.15, 0.2) is 42.5 Å². The van der Waals surface area contributed by atoms with Crippen LogP contribution in [0.2, 0.25) is 0 Å². The average Bonchev–Trinajstić information content (AvgIpc) is 2.79. The standard InChI is InChI=1S/C27H30F6O/c1-3-34-25-20(13-8-14-24(25)19-10-5-4-6-11-19)12-7-9-18(2)21-15-22(26(28,29)30)17-23(16-21)27(31,32)33/h7-8,12-19H,3-6,9-11H2,1-2H3/b12-7+. The second kappa shape index (κ2) is 10.9. The van der Waals surface area contributed by atoms with Crippen LogP contribution in [0.1, 0.15) is 92.0 Å². The van der Waals surface area contributed by atoms with E-state index in [9.17, 15) is 26.3 Å². The summed E-state index contributed by atoms with van der Waals surface area (Å²) in [7, 11) is 0. The van der Waals surface area contributed by atoms with Crippen LogP contribution in [0.25, 0.3) is 6.08 Å². The van der Waals surface area contributed by atoms with E-state index < -0.39 is 29.4 Å². The minimum Gasteiger partial charge on any atom is -0.493 e. The Morgan fingerprint density at radius 1 is 0.941 bits per heavy atom. The van der Waals surface area contributed by atoms with Crippen LogP contribution in [0.4, 0.5) is 26.3 Å². The molecule has 0 N–H and O–H groups in total. The maximum Gasteiger partial charge on any atom is 0.416 e. The fourth-order valence-corrected chi connectivity index (χ4v) is 4.55. The largest absolute Gasteiger partial charge is 0.493 e. The van der Waals surface area contributed by atoms with Crippen molar-refractivity contribution in [2.24, 2.45) is 0 Å². The number of hydrogen-bond donors (Lipinski definition) is 0. The van der Waals surface area contributed by atoms with E-state index in [2.05, 4.69) is 6.07 Å². The third kappa shape index (κ3) is 6.57. The first-order valence-corrected chi connectivity index (χ1v) is 11.7. The molecule has 1 nitrogen and oxygen atoms in total. The summed E-state index contributed by atoms with van der Waals surface area (Å²) in [4.78, 5) is 0. The number of ether oxygens (including phenoxy) is 1. The Balaban J connectivity index is 1.84. The SMILES string of the molecule is CCOc1c(/C=C/CC(C)c2cc(C(F)(F)F)cc(C(F)(F)F)c2)cccc1C1CCCCC1. The van der Waals surface area contributed by atoms with Crippen molar-refractivity contribution >= 4 is 6.08 Å². The number of halogens is 6. The van der Waals surface area contributed by atoms with Gasteiger partial charge in [0.15, 0.2) is 0 Å². The van der Waals surface area contributed by atoms with Crippen molar-refractivity contribution in [3.8, 4) is 5.75 Å². The Labute approximate surface area is 196 Å². The highest BCUT2D eigenvalue weighted by Crippen LogP contribution is 2.40. The molecule has 0 aromatic heterocycles. The highest BCUT2D eigenvalue weighted by Gasteiger charge is 2.37. The number of allylic oxidation sites excluding steroid dienone is 1. The summed E-state index contributed by atoms with van der Waals surface area (Å²) < 4.78 is 85.1. The maximum atomic E-state index is 13.2. The summed E-state index contributed by atoms with van der Waals surface area (Å²) in [6.07, 6.45) is 0.0708. The lowest BCUT2D eigenvalue weighted by Crippen LogP contribution is -2.12. The molecule has 1 fully saturated rings. The first-order valence-electron chi connectivity index (χ1n) is 11.7. The average molecular weight is 485 g/mol. The predicted octanol–water partition coefficient (Wildman–Crippen LogP) is 9.38. The number of benzene rings is 2. The first-order chi connectivity index (χ1) is 16.0. The van der Waals surface area contributed by atoms with Crippen LogP contribution in [-0.2, 0) is 12.4 Å². The predicted molar refractivity (Wildman–Crippen MR) is 122 cm³/mol. The van der Waals surface area contributed by atoms with Gasteiger partial charge in [-0.1, -0.05) is 56.5 Å². The zero-order chi connectivity index (χ0) is 24.9. The normalized spacial score (nSPS) is 16.7. The van der Waals surface area contributed by atoms with Crippen molar-refractivity contribution < 1.29 is 31.1 Å². The molecule has 2 aromatic carbocycles. The monoisotopic (exact) mass is 484 g/mol. The second-order valence-corrected chi connectivity index (χ2v) is 8.91. The molecule has 186 valence electrons. The highest BCUT2D eigenvalue weighted by molar-refractivity contribution is 5.61. The Hall–Kier alpha value is -2.44. The van der Waals surface area contributed by atoms with Gasteiger partial charge in [-0.2, -0.15) is 26.3 Å². The van der Waals surface area contributed by atoms with Crippen LogP contribution in [0, 0.1) is 0 Å². The molecule has 7 heteroatoms. The van der Waals surface area contributed by atoms with Crippen molar-refractivity contribution in [2.45, 2.75) is 76.6 Å². The molecule has 1 aliphatic carbocycles. The number of alkyl halides is 6. The van der Waals surface area contributed by atoms with Crippen LogP contribution in [-0.4, -0.2) is 6.61 Å². The van der Waals surface area contributed by atoms with E-state index >= 15 is 0 Å². The fourth-order valence-electron chi connectivity index (χ4n) is 4.55. The molecule has 1 atom stereocenters. The molecule has 0 radical (unpaired) electrons. The summed E-state index contributed by atoms with van der Waals surface area (Å²) in [6.45, 7) is 4.05. The molecule has 0 spiro atoms. The lowest BCUT2D eigenvalue weighted by Gasteiger charge is -2.25. The molecule has 0 bridgehead atoms. The van der Waals surface area contributed by atoms with Gasteiger partial charge in [0.2, 0.25) is 0 Å². The summed E-state index contributed by atoms with van der Waals surface area (Å²) >= 11 is 0. The molecule has 2 aromatic rings. The maximum absolute atomic E-state index is 13.2. The van der Waals surface area contributed by atoms with Gasteiger partial charge in [0, 0.05) is 5.56 Å². The Morgan fingerprint density at radius 2 is 1.56 bits per heavy atom. The molecular formula is C27H30F6O. The molecule has 0 amide bonds. The zero-order valence-electron chi connectivity index (χ0n) is 19.4. The van der Waals surface area contributed by atoms with Crippen molar-refractivity contribution in [3.63, 3.8) is 0 Å². The summed E-state index contributed by atoms with van der Waals surface area (Å²) in [5, 5.41) is 0. The third-order valence-corrected chi connectivity index (χ3v) is 6.38. The lowest BCUT2D eigenvalue weighted by molar-refractivity contribution is -0.143. The molecule has 1 unspecified atom stereocenters. The van der Waals surface area contributed by atoms with Crippen LogP contribution >= 0.6 is 0 Å². The molecule has 0 aliphatic heterocycles. The number of rotatable bonds is 7. The van der Waals surface area contributed by atoms with Gasteiger partial charge in [0.25, 0.3) is 0 Å². The van der Waals surface area contributed by atoms with Gasteiger partial charge in [-0.15, -0.1) is 0 Å². The van der Waals surface area contributed by atoms with Gasteiger partial charge < -0.3 is 4.74 Å². The lowest BCUT2D eigenvalue weighted by atomic mass is 9.83. The molecule has 34 heavy (non-hydrogen) atoms. The van der Waals surface area contributed by atoms with Gasteiger partial charge in [0.05, 0.1) is 17.7 Å².